The molecule has 0 fully saturated rings. The predicted octanol–water partition coefficient (Wildman–Crippen LogP) is 5.51. The van der Waals surface area contributed by atoms with Gasteiger partial charge in [0.25, 0.3) is 5.91 Å². The second kappa shape index (κ2) is 9.34. The van der Waals surface area contributed by atoms with E-state index in [0.29, 0.717) is 34.4 Å². The largest absolute Gasteiger partial charge is 0.508 e. The van der Waals surface area contributed by atoms with E-state index in [9.17, 15) is 19.5 Å². The summed E-state index contributed by atoms with van der Waals surface area (Å²) in [6, 6.07) is 17.4. The quantitative estimate of drug-likeness (QED) is 0.287. The smallest absolute Gasteiger partial charge is 0.338 e. The molecule has 4 aromatic rings. The normalized spacial score (nSPS) is 14.8. The second-order valence-corrected chi connectivity index (χ2v) is 8.88. The number of aromatic hydroxyl groups is 1. The Labute approximate surface area is 207 Å². The molecule has 1 N–H and O–H groups in total. The Morgan fingerprint density at radius 2 is 1.83 bits per heavy atom. The lowest BCUT2D eigenvalue weighted by Gasteiger charge is -2.25. The molecule has 1 amide bonds. The van der Waals surface area contributed by atoms with Crippen LogP contribution in [-0.2, 0) is 4.74 Å². The van der Waals surface area contributed by atoms with E-state index in [1.54, 1.807) is 48.5 Å². The first kappa shape index (κ1) is 23.4. The van der Waals surface area contributed by atoms with E-state index in [1.807, 2.05) is 19.9 Å². The molecular formula is C29H25NO6. The van der Waals surface area contributed by atoms with Crippen molar-refractivity contribution in [3.8, 4) is 5.75 Å². The van der Waals surface area contributed by atoms with E-state index < -0.39 is 17.9 Å². The molecule has 0 radical (unpaired) electrons. The van der Waals surface area contributed by atoms with Crippen molar-refractivity contribution in [1.82, 2.24) is 0 Å². The molecule has 0 saturated heterocycles. The number of phenolic OH excluding ortho intramolecular Hbond substituents is 1. The van der Waals surface area contributed by atoms with Gasteiger partial charge in [-0.25, -0.2) is 4.79 Å². The fourth-order valence-electron chi connectivity index (χ4n) is 4.51. The van der Waals surface area contributed by atoms with E-state index in [2.05, 4.69) is 0 Å². The molecule has 1 aliphatic heterocycles. The van der Waals surface area contributed by atoms with Gasteiger partial charge in [0.05, 0.1) is 29.2 Å². The van der Waals surface area contributed by atoms with Crippen molar-refractivity contribution < 1.29 is 23.8 Å². The minimum Gasteiger partial charge on any atom is -0.508 e. The van der Waals surface area contributed by atoms with E-state index in [4.69, 9.17) is 9.15 Å². The molecule has 0 bridgehead atoms. The zero-order chi connectivity index (χ0) is 25.4. The number of esters is 1. The third kappa shape index (κ3) is 4.02. The number of benzene rings is 3. The van der Waals surface area contributed by atoms with Crippen molar-refractivity contribution in [2.75, 3.05) is 11.5 Å². The molecule has 7 nitrogen and oxygen atoms in total. The number of phenols is 1. The van der Waals surface area contributed by atoms with Crippen LogP contribution in [0.3, 0.4) is 0 Å². The number of carbonyl (C=O) groups is 2. The summed E-state index contributed by atoms with van der Waals surface area (Å²) in [6.45, 7) is 4.24. The zero-order valence-electron chi connectivity index (χ0n) is 20.0. The topological polar surface area (TPSA) is 97.0 Å². The summed E-state index contributed by atoms with van der Waals surface area (Å²) in [5, 5.41) is 10.5. The van der Waals surface area contributed by atoms with Crippen LogP contribution in [0.4, 0.5) is 5.69 Å². The van der Waals surface area contributed by atoms with Crippen LogP contribution < -0.4 is 10.3 Å². The van der Waals surface area contributed by atoms with Crippen LogP contribution in [0.25, 0.3) is 11.0 Å². The first-order chi connectivity index (χ1) is 17.4. The van der Waals surface area contributed by atoms with Crippen molar-refractivity contribution in [2.45, 2.75) is 32.7 Å². The van der Waals surface area contributed by atoms with Crippen LogP contribution >= 0.6 is 0 Å². The molecule has 7 heteroatoms. The van der Waals surface area contributed by atoms with E-state index in [-0.39, 0.29) is 22.5 Å². The summed E-state index contributed by atoms with van der Waals surface area (Å²) < 4.78 is 11.3. The molecule has 1 unspecified atom stereocenters. The Hall–Kier alpha value is -4.39. The summed E-state index contributed by atoms with van der Waals surface area (Å²) in [6.07, 6.45) is 1.70. The van der Waals surface area contributed by atoms with E-state index >= 15 is 0 Å². The van der Waals surface area contributed by atoms with Gasteiger partial charge in [0, 0.05) is 5.69 Å². The highest BCUT2D eigenvalue weighted by molar-refractivity contribution is 6.10. The van der Waals surface area contributed by atoms with Crippen molar-refractivity contribution in [3.63, 3.8) is 0 Å². The van der Waals surface area contributed by atoms with Crippen LogP contribution in [0.1, 0.15) is 63.4 Å². The maximum atomic E-state index is 13.7. The predicted molar refractivity (Wildman–Crippen MR) is 136 cm³/mol. The fraction of sp³-hybridized carbons (Fsp3) is 0.207. The monoisotopic (exact) mass is 483 g/mol. The molecule has 0 aliphatic carbocycles. The third-order valence-corrected chi connectivity index (χ3v) is 6.32. The molecule has 3 aromatic carbocycles. The SMILES string of the molecule is CCCCOC(=O)c1ccc(N2C(=O)c3oc4ccc(C)cc4c(=O)c3C2c2cccc(O)c2)cc1. The Bertz CT molecular complexity index is 1540. The lowest BCUT2D eigenvalue weighted by molar-refractivity contribution is 0.0499. The summed E-state index contributed by atoms with van der Waals surface area (Å²) >= 11 is 0. The van der Waals surface area contributed by atoms with Gasteiger partial charge in [0.2, 0.25) is 5.76 Å². The maximum absolute atomic E-state index is 13.7. The number of hydrogen-bond donors (Lipinski definition) is 1. The van der Waals surface area contributed by atoms with Crippen LogP contribution in [0.2, 0.25) is 0 Å². The van der Waals surface area contributed by atoms with Crippen LogP contribution in [0.5, 0.6) is 5.75 Å². The van der Waals surface area contributed by atoms with Gasteiger partial charge in [-0.3, -0.25) is 14.5 Å². The second-order valence-electron chi connectivity index (χ2n) is 8.88. The first-order valence-corrected chi connectivity index (χ1v) is 11.9. The summed E-state index contributed by atoms with van der Waals surface area (Å²) in [4.78, 5) is 41.1. The van der Waals surface area contributed by atoms with Gasteiger partial charge in [-0.05, 0) is 67.4 Å². The van der Waals surface area contributed by atoms with Gasteiger partial charge in [-0.15, -0.1) is 0 Å². The van der Waals surface area contributed by atoms with Gasteiger partial charge in [-0.1, -0.05) is 37.1 Å². The molecule has 182 valence electrons. The molecular weight excluding hydrogens is 458 g/mol. The number of unbranched alkanes of at least 4 members (excludes halogenated alkanes) is 1. The van der Waals surface area contributed by atoms with Crippen molar-refractivity contribution >= 4 is 28.5 Å². The number of anilines is 1. The van der Waals surface area contributed by atoms with Crippen molar-refractivity contribution in [2.24, 2.45) is 0 Å². The molecule has 1 aliphatic rings. The number of carbonyl (C=O) groups excluding carboxylic acids is 2. The van der Waals surface area contributed by atoms with Crippen molar-refractivity contribution in [1.29, 1.82) is 0 Å². The number of amides is 1. The van der Waals surface area contributed by atoms with E-state index in [1.165, 1.54) is 17.0 Å². The highest BCUT2D eigenvalue weighted by atomic mass is 16.5. The number of hydrogen-bond acceptors (Lipinski definition) is 6. The van der Waals surface area contributed by atoms with Crippen LogP contribution in [-0.4, -0.2) is 23.6 Å². The average molecular weight is 484 g/mol. The Morgan fingerprint density at radius 3 is 2.56 bits per heavy atom. The van der Waals surface area contributed by atoms with Gasteiger partial charge in [-0.2, -0.15) is 0 Å². The number of ether oxygens (including phenoxy) is 1. The molecule has 2 heterocycles. The lowest BCUT2D eigenvalue weighted by Crippen LogP contribution is -2.29. The zero-order valence-corrected chi connectivity index (χ0v) is 20.0. The first-order valence-electron chi connectivity index (χ1n) is 11.9. The highest BCUT2D eigenvalue weighted by Crippen LogP contribution is 2.41. The number of aryl methyl sites for hydroxylation is 1. The Balaban J connectivity index is 1.63. The third-order valence-electron chi connectivity index (χ3n) is 6.32. The van der Waals surface area contributed by atoms with Crippen molar-refractivity contribution in [3.05, 3.63) is 105 Å². The number of rotatable bonds is 6. The van der Waals surface area contributed by atoms with Crippen LogP contribution in [0, 0.1) is 6.92 Å². The molecule has 1 atom stereocenters. The number of nitrogens with zero attached hydrogens (tertiary/aromatic N) is 1. The summed E-state index contributed by atoms with van der Waals surface area (Å²) in [7, 11) is 0. The maximum Gasteiger partial charge on any atom is 0.338 e. The Kier molecular flexibility index (Phi) is 6.06. The Morgan fingerprint density at radius 1 is 1.06 bits per heavy atom. The van der Waals surface area contributed by atoms with Gasteiger partial charge in [0.15, 0.2) is 5.43 Å². The standard InChI is InChI=1S/C29H25NO6/c1-3-4-14-35-29(34)18-9-11-20(12-10-18)30-25(19-6-5-7-21(31)16-19)24-26(32)22-15-17(2)8-13-23(22)36-27(24)28(30)33/h5-13,15-16,25,31H,3-4,14H2,1-2H3. The van der Waals surface area contributed by atoms with Gasteiger partial charge in [0.1, 0.15) is 11.3 Å². The van der Waals surface area contributed by atoms with E-state index in [0.717, 1.165) is 18.4 Å². The molecule has 0 spiro atoms. The van der Waals surface area contributed by atoms with Crippen LogP contribution in [0.15, 0.2) is 75.9 Å². The average Bonchev–Trinajstić information content (AvgIpc) is 3.17. The van der Waals surface area contributed by atoms with Gasteiger partial charge < -0.3 is 14.3 Å². The summed E-state index contributed by atoms with van der Waals surface area (Å²) in [5.74, 6) is -0.933. The fourth-order valence-corrected chi connectivity index (χ4v) is 4.51. The summed E-state index contributed by atoms with van der Waals surface area (Å²) in [5.41, 5.74) is 2.55. The lowest BCUT2D eigenvalue weighted by atomic mass is 9.97. The molecule has 1 aromatic heterocycles. The molecule has 5 rings (SSSR count). The molecule has 36 heavy (non-hydrogen) atoms. The number of fused-ring (bicyclic) bond motifs is 2. The van der Waals surface area contributed by atoms with Gasteiger partial charge >= 0.3 is 5.97 Å². The minimum absolute atomic E-state index is 0.0135. The molecule has 0 saturated carbocycles. The minimum atomic E-state index is -0.817. The highest BCUT2D eigenvalue weighted by Gasteiger charge is 2.43.